The number of anilines is 1. The fourth-order valence-electron chi connectivity index (χ4n) is 5.12. The van der Waals surface area contributed by atoms with Crippen LogP contribution in [-0.4, -0.2) is 80.4 Å². The lowest BCUT2D eigenvalue weighted by atomic mass is 9.97. The Morgan fingerprint density at radius 2 is 1.72 bits per heavy atom. The van der Waals surface area contributed by atoms with Crippen molar-refractivity contribution in [2.75, 3.05) is 50.8 Å². The number of nitrogens with one attached hydrogen (secondary N) is 1. The van der Waals surface area contributed by atoms with Gasteiger partial charge >= 0.3 is 5.97 Å². The van der Waals surface area contributed by atoms with E-state index in [1.165, 1.54) is 4.31 Å². The first-order valence-corrected chi connectivity index (χ1v) is 14.1. The highest BCUT2D eigenvalue weighted by molar-refractivity contribution is 7.89. The van der Waals surface area contributed by atoms with Crippen molar-refractivity contribution in [2.45, 2.75) is 38.5 Å². The number of benzene rings is 1. The van der Waals surface area contributed by atoms with Gasteiger partial charge in [-0.1, -0.05) is 11.6 Å². The monoisotopic (exact) mass is 536 g/mol. The number of piperidine rings is 1. The molecule has 2 aliphatic heterocycles. The molecule has 1 N–H and O–H groups in total. The molecule has 0 saturated carbocycles. The van der Waals surface area contributed by atoms with Gasteiger partial charge in [0.25, 0.3) is 0 Å². The third kappa shape index (κ3) is 5.26. The zero-order chi connectivity index (χ0) is 26.0. The maximum Gasteiger partial charge on any atom is 0.341 e. The fraction of sp³-hybridized carbons (Fsp3) is 0.520. The number of carbonyl (C=O) groups is 2. The second kappa shape index (κ2) is 10.8. The average molecular weight is 537 g/mol. The number of H-pyrrole nitrogens is 1. The normalized spacial score (nSPS) is 19.4. The van der Waals surface area contributed by atoms with Crippen LogP contribution in [0.15, 0.2) is 29.2 Å². The maximum absolute atomic E-state index is 13.7. The summed E-state index contributed by atoms with van der Waals surface area (Å²) in [7, 11) is -4.00. The smallest absolute Gasteiger partial charge is 0.341 e. The highest BCUT2D eigenvalue weighted by Crippen LogP contribution is 2.31. The number of esters is 1. The van der Waals surface area contributed by atoms with E-state index in [-0.39, 0.29) is 29.5 Å². The van der Waals surface area contributed by atoms with Gasteiger partial charge in [0, 0.05) is 61.4 Å². The lowest BCUT2D eigenvalue weighted by Crippen LogP contribution is -2.53. The molecule has 0 aliphatic carbocycles. The topological polar surface area (TPSA) is 103 Å². The van der Waals surface area contributed by atoms with Gasteiger partial charge in [0.1, 0.15) is 10.5 Å². The standard InChI is InChI=1S/C25H33ClN4O5S/c1-4-35-25(32)22-17(2)27-18(3)23(22)36(33,34)30-11-5-6-19(16-30)24(31)29-14-12-28(13-15-29)21-9-7-20(26)8-10-21/h7-10,19,27H,4-6,11-16H2,1-3H3. The zero-order valence-electron chi connectivity index (χ0n) is 20.9. The van der Waals surface area contributed by atoms with Crippen molar-refractivity contribution in [1.29, 1.82) is 0 Å². The van der Waals surface area contributed by atoms with Crippen LogP contribution in [0.5, 0.6) is 0 Å². The first-order chi connectivity index (χ1) is 17.1. The molecule has 1 aromatic heterocycles. The van der Waals surface area contributed by atoms with Crippen molar-refractivity contribution in [1.82, 2.24) is 14.2 Å². The molecule has 4 rings (SSSR count). The largest absolute Gasteiger partial charge is 0.462 e. The summed E-state index contributed by atoms with van der Waals surface area (Å²) in [6.45, 7) is 8.08. The predicted molar refractivity (Wildman–Crippen MR) is 138 cm³/mol. The third-order valence-electron chi connectivity index (χ3n) is 6.91. The van der Waals surface area contributed by atoms with Gasteiger partial charge in [0.15, 0.2) is 0 Å². The van der Waals surface area contributed by atoms with E-state index < -0.39 is 21.9 Å². The van der Waals surface area contributed by atoms with Crippen molar-refractivity contribution in [3.63, 3.8) is 0 Å². The molecule has 2 aliphatic rings. The minimum absolute atomic E-state index is 0.0155. The van der Waals surface area contributed by atoms with Crippen molar-refractivity contribution < 1.29 is 22.7 Å². The number of nitrogens with zero attached hydrogens (tertiary/aromatic N) is 3. The van der Waals surface area contributed by atoms with Crippen LogP contribution in [0.2, 0.25) is 5.02 Å². The van der Waals surface area contributed by atoms with Crippen LogP contribution in [0.25, 0.3) is 0 Å². The molecular formula is C25H33ClN4O5S. The van der Waals surface area contributed by atoms with Gasteiger partial charge in [-0.2, -0.15) is 4.31 Å². The van der Waals surface area contributed by atoms with E-state index in [2.05, 4.69) is 9.88 Å². The molecule has 196 valence electrons. The summed E-state index contributed by atoms with van der Waals surface area (Å²) in [6, 6.07) is 7.65. The number of ether oxygens (including phenoxy) is 1. The van der Waals surface area contributed by atoms with E-state index in [4.69, 9.17) is 16.3 Å². The minimum atomic E-state index is -4.00. The van der Waals surface area contributed by atoms with Crippen LogP contribution in [-0.2, 0) is 19.6 Å². The van der Waals surface area contributed by atoms with E-state index >= 15 is 0 Å². The van der Waals surface area contributed by atoms with Crippen LogP contribution < -0.4 is 4.90 Å². The fourth-order valence-corrected chi connectivity index (χ4v) is 7.18. The van der Waals surface area contributed by atoms with Crippen LogP contribution >= 0.6 is 11.6 Å². The summed E-state index contributed by atoms with van der Waals surface area (Å²) >= 11 is 5.99. The Hall–Kier alpha value is -2.56. The van der Waals surface area contributed by atoms with Crippen LogP contribution in [0, 0.1) is 19.8 Å². The van der Waals surface area contributed by atoms with Gasteiger partial charge in [-0.25, -0.2) is 13.2 Å². The van der Waals surface area contributed by atoms with Gasteiger partial charge in [-0.05, 0) is 57.9 Å². The summed E-state index contributed by atoms with van der Waals surface area (Å²) in [5.74, 6) is -1.10. The Balaban J connectivity index is 1.45. The molecule has 2 fully saturated rings. The highest BCUT2D eigenvalue weighted by atomic mass is 35.5. The molecule has 0 radical (unpaired) electrons. The maximum atomic E-state index is 13.7. The van der Waals surface area contributed by atoms with Gasteiger partial charge < -0.3 is 19.5 Å². The number of aromatic nitrogens is 1. The molecule has 1 aromatic carbocycles. The summed E-state index contributed by atoms with van der Waals surface area (Å²) in [5.41, 5.74) is 1.95. The average Bonchev–Trinajstić information content (AvgIpc) is 3.18. The molecule has 3 heterocycles. The number of amides is 1. The number of hydrogen-bond acceptors (Lipinski definition) is 6. The van der Waals surface area contributed by atoms with Gasteiger partial charge in [-0.3, -0.25) is 4.79 Å². The lowest BCUT2D eigenvalue weighted by Gasteiger charge is -2.39. The van der Waals surface area contributed by atoms with Gasteiger partial charge in [0.2, 0.25) is 15.9 Å². The molecule has 1 atom stereocenters. The lowest BCUT2D eigenvalue weighted by molar-refractivity contribution is -0.137. The molecule has 1 amide bonds. The SMILES string of the molecule is CCOC(=O)c1c(C)[nH]c(C)c1S(=O)(=O)N1CCCC(C(=O)N2CCN(c3ccc(Cl)cc3)CC2)C1. The second-order valence-electron chi connectivity index (χ2n) is 9.29. The van der Waals surface area contributed by atoms with Crippen molar-refractivity contribution in [3.8, 4) is 0 Å². The Labute approximate surface area is 217 Å². The zero-order valence-corrected chi connectivity index (χ0v) is 22.5. The Morgan fingerprint density at radius 1 is 1.06 bits per heavy atom. The number of hydrogen-bond donors (Lipinski definition) is 1. The predicted octanol–water partition coefficient (Wildman–Crippen LogP) is 3.21. The van der Waals surface area contributed by atoms with Crippen LogP contribution in [0.1, 0.15) is 41.5 Å². The molecule has 0 spiro atoms. The van der Waals surface area contributed by atoms with Crippen molar-refractivity contribution in [3.05, 3.63) is 46.2 Å². The number of carbonyl (C=O) groups excluding carboxylic acids is 2. The molecule has 2 aromatic rings. The number of aromatic amines is 1. The summed E-state index contributed by atoms with van der Waals surface area (Å²) < 4.78 is 33.8. The molecule has 1 unspecified atom stereocenters. The minimum Gasteiger partial charge on any atom is -0.462 e. The number of aryl methyl sites for hydroxylation is 2. The van der Waals surface area contributed by atoms with Crippen molar-refractivity contribution >= 4 is 39.2 Å². The number of rotatable bonds is 6. The van der Waals surface area contributed by atoms with E-state index in [0.717, 1.165) is 5.69 Å². The quantitative estimate of drug-likeness (QED) is 0.569. The number of sulfonamides is 1. The summed E-state index contributed by atoms with van der Waals surface area (Å²) in [5, 5.41) is 0.684. The van der Waals surface area contributed by atoms with E-state index in [1.54, 1.807) is 20.8 Å². The van der Waals surface area contributed by atoms with Crippen LogP contribution in [0.4, 0.5) is 5.69 Å². The van der Waals surface area contributed by atoms with E-state index in [1.807, 2.05) is 29.2 Å². The second-order valence-corrected chi connectivity index (χ2v) is 11.6. The number of halogens is 1. The van der Waals surface area contributed by atoms with Gasteiger partial charge in [-0.15, -0.1) is 0 Å². The Bertz CT molecular complexity index is 1220. The summed E-state index contributed by atoms with van der Waals surface area (Å²) in [4.78, 5) is 32.9. The van der Waals surface area contributed by atoms with Crippen molar-refractivity contribution in [2.24, 2.45) is 5.92 Å². The Kier molecular flexibility index (Phi) is 7.96. The molecule has 11 heteroatoms. The van der Waals surface area contributed by atoms with Crippen LogP contribution in [0.3, 0.4) is 0 Å². The molecule has 36 heavy (non-hydrogen) atoms. The third-order valence-corrected chi connectivity index (χ3v) is 9.20. The number of piperazine rings is 1. The molecule has 9 nitrogen and oxygen atoms in total. The highest BCUT2D eigenvalue weighted by Gasteiger charge is 2.39. The summed E-state index contributed by atoms with van der Waals surface area (Å²) in [6.07, 6.45) is 1.22. The molecule has 2 saturated heterocycles. The molecule has 0 bridgehead atoms. The van der Waals surface area contributed by atoms with Gasteiger partial charge in [0.05, 0.1) is 12.5 Å². The van der Waals surface area contributed by atoms with E-state index in [0.29, 0.717) is 62.0 Å². The Morgan fingerprint density at radius 3 is 2.36 bits per heavy atom. The first-order valence-electron chi connectivity index (χ1n) is 12.3. The van der Waals surface area contributed by atoms with E-state index in [9.17, 15) is 18.0 Å². The first kappa shape index (κ1) is 26.5. The molecular weight excluding hydrogens is 504 g/mol.